The lowest BCUT2D eigenvalue weighted by atomic mass is 9.82. The molecule has 1 fully saturated rings. The number of hydrogen-bond acceptors (Lipinski definition) is 4. The van der Waals surface area contributed by atoms with Crippen LogP contribution in [-0.4, -0.2) is 46.7 Å². The molecule has 1 aliphatic rings. The van der Waals surface area contributed by atoms with Crippen molar-refractivity contribution in [3.8, 4) is 0 Å². The fourth-order valence-electron chi connectivity index (χ4n) is 2.22. The van der Waals surface area contributed by atoms with E-state index in [9.17, 15) is 14.7 Å². The molecule has 1 amide bonds. The van der Waals surface area contributed by atoms with Crippen LogP contribution in [0.4, 0.5) is 0 Å². The van der Waals surface area contributed by atoms with Crippen molar-refractivity contribution in [2.75, 3.05) is 13.6 Å². The van der Waals surface area contributed by atoms with Gasteiger partial charge in [-0.2, -0.15) is 0 Å². The maximum absolute atomic E-state index is 12.2. The van der Waals surface area contributed by atoms with E-state index in [1.807, 2.05) is 0 Å². The smallest absolute Gasteiger partial charge is 0.328 e. The first-order valence-corrected chi connectivity index (χ1v) is 7.21. The Morgan fingerprint density at radius 1 is 1.45 bits per heavy atom. The standard InChI is InChI=1S/C14H17NO4S/c1-15(8-9-6-10(16)7-9)14(19)12-4-2-11(20-12)3-5-13(17)18/h2-5,9-10,16H,6-8H2,1H3,(H,17,18). The minimum Gasteiger partial charge on any atom is -0.478 e. The maximum Gasteiger partial charge on any atom is 0.328 e. The van der Waals surface area contributed by atoms with Gasteiger partial charge in [-0.1, -0.05) is 0 Å². The molecule has 108 valence electrons. The van der Waals surface area contributed by atoms with Crippen LogP contribution in [0.3, 0.4) is 0 Å². The van der Waals surface area contributed by atoms with Gasteiger partial charge in [0.15, 0.2) is 0 Å². The minimum absolute atomic E-state index is 0.0636. The number of carbonyl (C=O) groups is 2. The first-order valence-electron chi connectivity index (χ1n) is 6.40. The first kappa shape index (κ1) is 14.7. The summed E-state index contributed by atoms with van der Waals surface area (Å²) in [5, 5.41) is 17.8. The summed E-state index contributed by atoms with van der Waals surface area (Å²) in [6.45, 7) is 0.647. The predicted molar refractivity (Wildman–Crippen MR) is 76.7 cm³/mol. The molecular weight excluding hydrogens is 278 g/mol. The predicted octanol–water partition coefficient (Wildman–Crippen LogP) is 1.69. The highest BCUT2D eigenvalue weighted by atomic mass is 32.1. The second-order valence-electron chi connectivity index (χ2n) is 5.05. The van der Waals surface area contributed by atoms with Gasteiger partial charge in [0.2, 0.25) is 0 Å². The van der Waals surface area contributed by atoms with Gasteiger partial charge in [0, 0.05) is 24.5 Å². The zero-order valence-corrected chi connectivity index (χ0v) is 12.0. The molecule has 1 aliphatic carbocycles. The van der Waals surface area contributed by atoms with E-state index in [1.54, 1.807) is 24.1 Å². The number of rotatable bonds is 5. The van der Waals surface area contributed by atoms with Crippen LogP contribution in [-0.2, 0) is 4.79 Å². The van der Waals surface area contributed by atoms with Crippen molar-refractivity contribution in [1.82, 2.24) is 4.90 Å². The van der Waals surface area contributed by atoms with Crippen LogP contribution in [0, 0.1) is 5.92 Å². The third kappa shape index (κ3) is 3.68. The largest absolute Gasteiger partial charge is 0.478 e. The number of carboxylic acids is 1. The molecule has 0 bridgehead atoms. The van der Waals surface area contributed by atoms with Crippen LogP contribution in [0.15, 0.2) is 18.2 Å². The van der Waals surface area contributed by atoms with Crippen LogP contribution in [0.1, 0.15) is 27.4 Å². The average molecular weight is 295 g/mol. The number of aliphatic hydroxyl groups is 1. The lowest BCUT2D eigenvalue weighted by Gasteiger charge is -2.34. The van der Waals surface area contributed by atoms with Gasteiger partial charge in [0.25, 0.3) is 5.91 Å². The Kier molecular flexibility index (Phi) is 4.57. The minimum atomic E-state index is -1.01. The molecule has 0 saturated heterocycles. The Morgan fingerprint density at radius 2 is 2.15 bits per heavy atom. The van der Waals surface area contributed by atoms with E-state index in [2.05, 4.69) is 0 Å². The summed E-state index contributed by atoms with van der Waals surface area (Å²) in [5.41, 5.74) is 0. The SMILES string of the molecule is CN(CC1CC(O)C1)C(=O)c1ccc(C=CC(=O)O)s1. The van der Waals surface area contributed by atoms with Crippen molar-refractivity contribution < 1.29 is 19.8 Å². The van der Waals surface area contributed by atoms with E-state index in [1.165, 1.54) is 17.4 Å². The van der Waals surface area contributed by atoms with E-state index < -0.39 is 5.97 Å². The van der Waals surface area contributed by atoms with E-state index in [0.29, 0.717) is 17.3 Å². The van der Waals surface area contributed by atoms with Crippen molar-refractivity contribution in [3.63, 3.8) is 0 Å². The van der Waals surface area contributed by atoms with Crippen LogP contribution >= 0.6 is 11.3 Å². The lowest BCUT2D eigenvalue weighted by Crippen LogP contribution is -2.39. The molecule has 0 radical (unpaired) electrons. The van der Waals surface area contributed by atoms with Gasteiger partial charge >= 0.3 is 5.97 Å². The Balaban J connectivity index is 1.93. The number of thiophene rings is 1. The molecular formula is C14H17NO4S. The zero-order chi connectivity index (χ0) is 14.7. The molecule has 6 heteroatoms. The number of hydrogen-bond donors (Lipinski definition) is 2. The fourth-order valence-corrected chi connectivity index (χ4v) is 3.12. The number of amides is 1. The maximum atomic E-state index is 12.2. The highest BCUT2D eigenvalue weighted by Gasteiger charge is 2.29. The van der Waals surface area contributed by atoms with E-state index in [4.69, 9.17) is 5.11 Å². The first-order chi connectivity index (χ1) is 9.45. The third-order valence-electron chi connectivity index (χ3n) is 3.32. The summed E-state index contributed by atoms with van der Waals surface area (Å²) < 4.78 is 0. The number of nitrogens with zero attached hydrogens (tertiary/aromatic N) is 1. The Bertz CT molecular complexity index is 531. The van der Waals surface area contributed by atoms with Crippen molar-refractivity contribution in [2.45, 2.75) is 18.9 Å². The van der Waals surface area contributed by atoms with E-state index in [0.717, 1.165) is 23.8 Å². The molecule has 1 aromatic heterocycles. The third-order valence-corrected chi connectivity index (χ3v) is 4.36. The molecule has 1 saturated carbocycles. The highest BCUT2D eigenvalue weighted by molar-refractivity contribution is 7.14. The molecule has 0 spiro atoms. The van der Waals surface area contributed by atoms with Crippen molar-refractivity contribution >= 4 is 29.3 Å². The zero-order valence-electron chi connectivity index (χ0n) is 11.2. The van der Waals surface area contributed by atoms with Gasteiger partial charge in [-0.3, -0.25) is 4.79 Å². The summed E-state index contributed by atoms with van der Waals surface area (Å²) in [7, 11) is 1.75. The summed E-state index contributed by atoms with van der Waals surface area (Å²) in [4.78, 5) is 25.6. The summed E-state index contributed by atoms with van der Waals surface area (Å²) in [6.07, 6.45) is 3.84. The number of carboxylic acid groups (broad SMARTS) is 1. The monoisotopic (exact) mass is 295 g/mol. The molecule has 2 N–H and O–H groups in total. The molecule has 0 unspecified atom stereocenters. The average Bonchev–Trinajstić information content (AvgIpc) is 2.82. The van der Waals surface area contributed by atoms with Crippen LogP contribution in [0.5, 0.6) is 0 Å². The van der Waals surface area contributed by atoms with Gasteiger partial charge in [0.05, 0.1) is 11.0 Å². The van der Waals surface area contributed by atoms with E-state index >= 15 is 0 Å². The number of aliphatic carboxylic acids is 1. The normalized spacial score (nSPS) is 21.7. The summed E-state index contributed by atoms with van der Waals surface area (Å²) in [6, 6.07) is 3.44. The molecule has 0 aromatic carbocycles. The van der Waals surface area contributed by atoms with Crippen LogP contribution < -0.4 is 0 Å². The van der Waals surface area contributed by atoms with Crippen LogP contribution in [0.2, 0.25) is 0 Å². The summed E-state index contributed by atoms with van der Waals surface area (Å²) in [5.74, 6) is -0.691. The van der Waals surface area contributed by atoms with Gasteiger partial charge in [-0.05, 0) is 37.0 Å². The Hall–Kier alpha value is -1.66. The molecule has 0 atom stereocenters. The second-order valence-corrected chi connectivity index (χ2v) is 6.17. The van der Waals surface area contributed by atoms with Crippen molar-refractivity contribution in [3.05, 3.63) is 28.0 Å². The topological polar surface area (TPSA) is 77.8 Å². The number of aliphatic hydroxyl groups excluding tert-OH is 1. The van der Waals surface area contributed by atoms with Crippen molar-refractivity contribution in [2.24, 2.45) is 5.92 Å². The van der Waals surface area contributed by atoms with Gasteiger partial charge in [0.1, 0.15) is 0 Å². The molecule has 5 nitrogen and oxygen atoms in total. The quantitative estimate of drug-likeness (QED) is 0.810. The Morgan fingerprint density at radius 3 is 2.75 bits per heavy atom. The van der Waals surface area contributed by atoms with E-state index in [-0.39, 0.29) is 12.0 Å². The van der Waals surface area contributed by atoms with Crippen LogP contribution in [0.25, 0.3) is 6.08 Å². The fraction of sp³-hybridized carbons (Fsp3) is 0.429. The highest BCUT2D eigenvalue weighted by Crippen LogP contribution is 2.28. The second kappa shape index (κ2) is 6.19. The summed E-state index contributed by atoms with van der Waals surface area (Å²) >= 11 is 1.27. The molecule has 20 heavy (non-hydrogen) atoms. The lowest BCUT2D eigenvalue weighted by molar-refractivity contribution is -0.131. The molecule has 1 aromatic rings. The Labute approximate surface area is 121 Å². The number of carbonyl (C=O) groups excluding carboxylic acids is 1. The molecule has 1 heterocycles. The van der Waals surface area contributed by atoms with Gasteiger partial charge in [-0.15, -0.1) is 11.3 Å². The van der Waals surface area contributed by atoms with Gasteiger partial charge in [-0.25, -0.2) is 4.79 Å². The van der Waals surface area contributed by atoms with Crippen molar-refractivity contribution in [1.29, 1.82) is 0 Å². The van der Waals surface area contributed by atoms with Gasteiger partial charge < -0.3 is 15.1 Å². The molecule has 2 rings (SSSR count). The molecule has 0 aliphatic heterocycles.